The molecule has 0 aromatic carbocycles. The van der Waals surface area contributed by atoms with Crippen LogP contribution in [0.2, 0.25) is 0 Å². The molecule has 1 heterocycles. The number of aliphatic hydroxyl groups excluding tert-OH is 1. The molecular weight excluding hydrogens is 368 g/mol. The number of aliphatic hydroxyl groups is 1. The minimum atomic E-state index is -0.548. The minimum Gasteiger partial charge on any atom is -0.388 e. The lowest BCUT2D eigenvalue weighted by molar-refractivity contribution is -0.0664. The Morgan fingerprint density at radius 3 is 2.03 bits per heavy atom. The van der Waals surface area contributed by atoms with Crippen molar-refractivity contribution >= 4 is 0 Å². The van der Waals surface area contributed by atoms with Gasteiger partial charge in [-0.2, -0.15) is 0 Å². The highest BCUT2D eigenvalue weighted by Crippen LogP contribution is 2.48. The molecule has 3 aliphatic rings. The highest BCUT2D eigenvalue weighted by molar-refractivity contribution is 4.91. The summed E-state index contributed by atoms with van der Waals surface area (Å²) in [5.41, 5.74) is 0.383. The first-order valence-corrected chi connectivity index (χ1v) is 11.7. The summed E-state index contributed by atoms with van der Waals surface area (Å²) in [6.07, 6.45) is 11.9. The Labute approximate surface area is 177 Å². The predicted octanol–water partition coefficient (Wildman–Crippen LogP) is 4.13. The molecule has 1 saturated heterocycles. The van der Waals surface area contributed by atoms with Crippen LogP contribution in [-0.2, 0) is 18.9 Å². The van der Waals surface area contributed by atoms with Crippen LogP contribution in [0.25, 0.3) is 0 Å². The molecule has 29 heavy (non-hydrogen) atoms. The molecular formula is C24H42O5. The summed E-state index contributed by atoms with van der Waals surface area (Å²) < 4.78 is 22.5. The zero-order valence-corrected chi connectivity index (χ0v) is 18.5. The molecule has 0 amide bonds. The van der Waals surface area contributed by atoms with E-state index in [0.717, 1.165) is 37.9 Å². The fourth-order valence-corrected chi connectivity index (χ4v) is 5.27. The lowest BCUT2D eigenvalue weighted by Gasteiger charge is -2.46. The van der Waals surface area contributed by atoms with E-state index >= 15 is 0 Å². The first-order chi connectivity index (χ1) is 14.0. The number of ether oxygens (including phenoxy) is 4. The molecule has 5 nitrogen and oxygen atoms in total. The molecule has 2 aliphatic carbocycles. The third kappa shape index (κ3) is 7.32. The van der Waals surface area contributed by atoms with Gasteiger partial charge in [0.2, 0.25) is 0 Å². The molecule has 0 spiro atoms. The van der Waals surface area contributed by atoms with Gasteiger partial charge in [-0.05, 0) is 68.6 Å². The average Bonchev–Trinajstić information content (AvgIpc) is 3.56. The highest BCUT2D eigenvalue weighted by atomic mass is 16.6. The topological polar surface area (TPSA) is 60.5 Å². The van der Waals surface area contributed by atoms with Crippen LogP contribution in [0.3, 0.4) is 0 Å². The van der Waals surface area contributed by atoms with Crippen LogP contribution in [0.4, 0.5) is 0 Å². The van der Waals surface area contributed by atoms with Crippen molar-refractivity contribution in [3.05, 3.63) is 12.7 Å². The Morgan fingerprint density at radius 1 is 0.966 bits per heavy atom. The van der Waals surface area contributed by atoms with E-state index in [9.17, 15) is 5.11 Å². The van der Waals surface area contributed by atoms with E-state index in [1.165, 1.54) is 38.5 Å². The van der Waals surface area contributed by atoms with Crippen molar-refractivity contribution in [2.75, 3.05) is 33.0 Å². The minimum absolute atomic E-state index is 0.282. The quantitative estimate of drug-likeness (QED) is 0.298. The average molecular weight is 411 g/mol. The summed E-state index contributed by atoms with van der Waals surface area (Å²) in [5, 5.41) is 9.95. The summed E-state index contributed by atoms with van der Waals surface area (Å²) >= 11 is 0. The van der Waals surface area contributed by atoms with E-state index in [0.29, 0.717) is 37.4 Å². The van der Waals surface area contributed by atoms with E-state index in [-0.39, 0.29) is 6.10 Å². The maximum absolute atomic E-state index is 9.95. The Hall–Kier alpha value is -0.460. The van der Waals surface area contributed by atoms with Gasteiger partial charge in [0.1, 0.15) is 12.2 Å². The third-order valence-electron chi connectivity index (χ3n) is 7.44. The first kappa shape index (κ1) is 23.2. The van der Waals surface area contributed by atoms with E-state index in [4.69, 9.17) is 18.9 Å². The second-order valence-electron chi connectivity index (χ2n) is 9.87. The molecule has 0 aromatic rings. The summed E-state index contributed by atoms with van der Waals surface area (Å²) in [6, 6.07) is 0. The van der Waals surface area contributed by atoms with E-state index in [2.05, 4.69) is 20.4 Å². The largest absolute Gasteiger partial charge is 0.388 e. The van der Waals surface area contributed by atoms with Gasteiger partial charge in [-0.25, -0.2) is 0 Å². The molecule has 168 valence electrons. The zero-order valence-electron chi connectivity index (χ0n) is 18.5. The third-order valence-corrected chi connectivity index (χ3v) is 7.44. The van der Waals surface area contributed by atoms with Crippen molar-refractivity contribution in [2.45, 2.75) is 89.6 Å². The van der Waals surface area contributed by atoms with Crippen molar-refractivity contribution in [3.8, 4) is 0 Å². The second-order valence-corrected chi connectivity index (χ2v) is 9.87. The Bertz CT molecular complexity index is 474. The SMILES string of the molecule is C=CCOCC(O)COC1CCC(C(C)(C)C2CCC(OCC3CO3)CC2)CC1. The van der Waals surface area contributed by atoms with Crippen molar-refractivity contribution in [1.29, 1.82) is 0 Å². The molecule has 2 unspecified atom stereocenters. The van der Waals surface area contributed by atoms with Crippen molar-refractivity contribution in [1.82, 2.24) is 0 Å². The zero-order chi connectivity index (χ0) is 20.7. The monoisotopic (exact) mass is 410 g/mol. The summed E-state index contributed by atoms with van der Waals surface area (Å²) in [7, 11) is 0. The number of hydrogen-bond acceptors (Lipinski definition) is 5. The maximum atomic E-state index is 9.95. The molecule has 1 N–H and O–H groups in total. The molecule has 0 bridgehead atoms. The van der Waals surface area contributed by atoms with Crippen LogP contribution in [0.1, 0.15) is 65.2 Å². The van der Waals surface area contributed by atoms with E-state index < -0.39 is 6.10 Å². The van der Waals surface area contributed by atoms with Gasteiger partial charge in [0, 0.05) is 0 Å². The summed E-state index contributed by atoms with van der Waals surface area (Å²) in [5.74, 6) is 1.57. The highest BCUT2D eigenvalue weighted by Gasteiger charge is 2.41. The molecule has 2 atom stereocenters. The van der Waals surface area contributed by atoms with Gasteiger partial charge >= 0.3 is 0 Å². The van der Waals surface area contributed by atoms with Crippen LogP contribution in [-0.4, -0.2) is 62.6 Å². The van der Waals surface area contributed by atoms with Crippen LogP contribution in [0.5, 0.6) is 0 Å². The summed E-state index contributed by atoms with van der Waals surface area (Å²) in [6.45, 7) is 11.4. The van der Waals surface area contributed by atoms with Gasteiger partial charge in [-0.15, -0.1) is 6.58 Å². The van der Waals surface area contributed by atoms with E-state index in [1.54, 1.807) is 6.08 Å². The van der Waals surface area contributed by atoms with Crippen LogP contribution < -0.4 is 0 Å². The Balaban J connectivity index is 1.33. The van der Waals surface area contributed by atoms with Gasteiger partial charge in [-0.3, -0.25) is 0 Å². The molecule has 1 aliphatic heterocycles. The lowest BCUT2D eigenvalue weighted by atomic mass is 9.60. The van der Waals surface area contributed by atoms with Crippen molar-refractivity contribution in [3.63, 3.8) is 0 Å². The van der Waals surface area contributed by atoms with Crippen LogP contribution in [0.15, 0.2) is 12.7 Å². The van der Waals surface area contributed by atoms with Crippen LogP contribution >= 0.6 is 0 Å². The van der Waals surface area contributed by atoms with Crippen molar-refractivity contribution in [2.24, 2.45) is 17.3 Å². The Morgan fingerprint density at radius 2 is 1.52 bits per heavy atom. The predicted molar refractivity (Wildman–Crippen MR) is 114 cm³/mol. The number of rotatable bonds is 12. The van der Waals surface area contributed by atoms with Gasteiger partial charge in [0.05, 0.1) is 45.2 Å². The molecule has 5 heteroatoms. The first-order valence-electron chi connectivity index (χ1n) is 11.7. The number of epoxide rings is 1. The van der Waals surface area contributed by atoms with Gasteiger partial charge in [-0.1, -0.05) is 19.9 Å². The number of hydrogen-bond donors (Lipinski definition) is 1. The smallest absolute Gasteiger partial charge is 0.104 e. The fraction of sp³-hybridized carbons (Fsp3) is 0.917. The second kappa shape index (κ2) is 11.2. The maximum Gasteiger partial charge on any atom is 0.104 e. The van der Waals surface area contributed by atoms with Crippen LogP contribution in [0, 0.1) is 17.3 Å². The van der Waals surface area contributed by atoms with Gasteiger partial charge in [0.15, 0.2) is 0 Å². The van der Waals surface area contributed by atoms with Gasteiger partial charge < -0.3 is 24.1 Å². The molecule has 3 rings (SSSR count). The summed E-state index contributed by atoms with van der Waals surface area (Å²) in [4.78, 5) is 0. The Kier molecular flexibility index (Phi) is 9.00. The molecule has 2 saturated carbocycles. The molecule has 3 fully saturated rings. The molecule has 0 aromatic heterocycles. The fourth-order valence-electron chi connectivity index (χ4n) is 5.27. The molecule has 0 radical (unpaired) electrons. The lowest BCUT2D eigenvalue weighted by Crippen LogP contribution is -2.39. The van der Waals surface area contributed by atoms with E-state index in [1.807, 2.05) is 0 Å². The van der Waals surface area contributed by atoms with Crippen molar-refractivity contribution < 1.29 is 24.1 Å². The normalized spacial score (nSPS) is 34.0. The standard InChI is InChI=1S/C24H42O5/c1-4-13-26-14-20(25)15-27-21-9-5-18(6-10-21)24(2,3)19-7-11-22(12-8-19)28-16-23-17-29-23/h4,18-23,25H,1,5-17H2,2-3H3. The van der Waals surface area contributed by atoms with Gasteiger partial charge in [0.25, 0.3) is 0 Å².